The largest absolute Gasteiger partial charge is 0.389 e. The molecular weight excluding hydrogens is 551 g/mol. The summed E-state index contributed by atoms with van der Waals surface area (Å²) in [5, 5.41) is 12.6. The third-order valence-corrected chi connectivity index (χ3v) is 7.56. The molecule has 9 heteroatoms. The molecule has 0 bridgehead atoms. The maximum atomic E-state index is 12.8. The molecule has 1 amide bonds. The number of carbonyl (C=O) groups excluding carboxylic acids is 1. The van der Waals surface area contributed by atoms with Gasteiger partial charge in [0, 0.05) is 21.0 Å². The Bertz CT molecular complexity index is 1230. The monoisotopic (exact) mass is 570 g/mol. The molecule has 0 fully saturated rings. The summed E-state index contributed by atoms with van der Waals surface area (Å²) >= 11 is 8.42. The highest BCUT2D eigenvalue weighted by Gasteiger charge is 2.26. The smallest absolute Gasteiger partial charge is 0.257 e. The van der Waals surface area contributed by atoms with Crippen LogP contribution in [0.1, 0.15) is 24.2 Å². The first-order valence-corrected chi connectivity index (χ1v) is 12.3. The van der Waals surface area contributed by atoms with Gasteiger partial charge < -0.3 is 10.4 Å². The van der Waals surface area contributed by atoms with Gasteiger partial charge in [-0.1, -0.05) is 17.7 Å². The number of pyridine rings is 1. The van der Waals surface area contributed by atoms with Crippen LogP contribution < -0.4 is 5.32 Å². The number of aromatic nitrogens is 1. The summed E-state index contributed by atoms with van der Waals surface area (Å²) in [6.07, 6.45) is 1.70. The lowest BCUT2D eigenvalue weighted by Gasteiger charge is -2.17. The van der Waals surface area contributed by atoms with Crippen LogP contribution in [0.5, 0.6) is 0 Å². The zero-order valence-corrected chi connectivity index (χ0v) is 20.5. The predicted molar refractivity (Wildman–Crippen MR) is 130 cm³/mol. The summed E-state index contributed by atoms with van der Waals surface area (Å²) in [6.45, 7) is 2.82. The van der Waals surface area contributed by atoms with E-state index in [1.807, 2.05) is 30.3 Å². The lowest BCUT2D eigenvalue weighted by atomic mass is 10.1. The highest BCUT2D eigenvalue weighted by atomic mass is 127. The molecule has 0 atom stereocenters. The number of aliphatic hydroxyl groups is 1. The third-order valence-electron chi connectivity index (χ3n) is 4.25. The summed E-state index contributed by atoms with van der Waals surface area (Å²) in [5.41, 5.74) is 0.959. The molecule has 0 saturated carbocycles. The molecule has 0 saturated heterocycles. The number of nitrogens with one attached hydrogen (secondary N) is 1. The Balaban J connectivity index is 1.85. The molecule has 0 radical (unpaired) electrons. The fourth-order valence-corrected chi connectivity index (χ4v) is 5.55. The van der Waals surface area contributed by atoms with E-state index in [4.69, 9.17) is 11.6 Å². The minimum absolute atomic E-state index is 0.00443. The van der Waals surface area contributed by atoms with Crippen molar-refractivity contribution in [2.45, 2.75) is 24.3 Å². The van der Waals surface area contributed by atoms with Crippen molar-refractivity contribution < 1.29 is 18.3 Å². The van der Waals surface area contributed by atoms with E-state index in [0.29, 0.717) is 5.69 Å². The van der Waals surface area contributed by atoms with E-state index in [1.165, 1.54) is 32.0 Å². The van der Waals surface area contributed by atoms with Gasteiger partial charge in [-0.25, -0.2) is 8.42 Å². The van der Waals surface area contributed by atoms with Crippen LogP contribution in [0.2, 0.25) is 5.02 Å². The maximum absolute atomic E-state index is 12.8. The molecule has 2 aromatic carbocycles. The van der Waals surface area contributed by atoms with Gasteiger partial charge in [0.15, 0.2) is 9.84 Å². The zero-order chi connectivity index (χ0) is 22.8. The fourth-order valence-electron chi connectivity index (χ4n) is 2.94. The number of halogens is 2. The molecule has 31 heavy (non-hydrogen) atoms. The number of hydrogen-bond donors (Lipinski definition) is 2. The second-order valence-corrected chi connectivity index (χ2v) is 11.1. The van der Waals surface area contributed by atoms with Crippen molar-refractivity contribution in [2.24, 2.45) is 0 Å². The Morgan fingerprint density at radius 3 is 2.52 bits per heavy atom. The summed E-state index contributed by atoms with van der Waals surface area (Å²) in [4.78, 5) is 17.0. The predicted octanol–water partition coefficient (Wildman–Crippen LogP) is 4.80. The van der Waals surface area contributed by atoms with E-state index in [0.717, 1.165) is 14.8 Å². The standard InChI is InChI=1S/C22H20ClIN2O4S/c1-22(2,28)13-31(29,30)15-7-8-16(18(23)12-15)21(27)26-14-6-9-19(24)17(11-14)20-5-3-4-10-25-20/h3-12,28H,13H2,1-2H3,(H,26,27). The van der Waals surface area contributed by atoms with Crippen LogP contribution in [-0.2, 0) is 9.84 Å². The van der Waals surface area contributed by atoms with Gasteiger partial charge in [0.05, 0.1) is 32.5 Å². The second-order valence-electron chi connectivity index (χ2n) is 7.58. The van der Waals surface area contributed by atoms with Crippen molar-refractivity contribution in [3.05, 3.63) is 75.0 Å². The summed E-state index contributed by atoms with van der Waals surface area (Å²) < 4.78 is 25.9. The summed E-state index contributed by atoms with van der Waals surface area (Å²) in [6, 6.07) is 15.0. The number of rotatable bonds is 6. The van der Waals surface area contributed by atoms with Crippen molar-refractivity contribution in [1.82, 2.24) is 4.98 Å². The SMILES string of the molecule is CC(C)(O)CS(=O)(=O)c1ccc(C(=O)Nc2ccc(I)c(-c3ccccn3)c2)c(Cl)c1. The van der Waals surface area contributed by atoms with Gasteiger partial charge >= 0.3 is 0 Å². The normalized spacial score (nSPS) is 11.9. The topological polar surface area (TPSA) is 96.4 Å². The molecule has 6 nitrogen and oxygen atoms in total. The molecule has 0 aliphatic heterocycles. The van der Waals surface area contributed by atoms with Crippen molar-refractivity contribution in [3.63, 3.8) is 0 Å². The number of sulfone groups is 1. The zero-order valence-electron chi connectivity index (χ0n) is 16.8. The molecule has 3 rings (SSSR count). The fraction of sp³-hybridized carbons (Fsp3) is 0.182. The van der Waals surface area contributed by atoms with Crippen molar-refractivity contribution in [2.75, 3.05) is 11.1 Å². The molecule has 1 aromatic heterocycles. The molecule has 0 aliphatic carbocycles. The Hall–Kier alpha value is -2.01. The Kier molecular flexibility index (Phi) is 7.04. The first-order chi connectivity index (χ1) is 14.5. The minimum atomic E-state index is -3.76. The minimum Gasteiger partial charge on any atom is -0.389 e. The Morgan fingerprint density at radius 1 is 1.16 bits per heavy atom. The number of benzene rings is 2. The van der Waals surface area contributed by atoms with Crippen molar-refractivity contribution >= 4 is 55.6 Å². The summed E-state index contributed by atoms with van der Waals surface area (Å²) in [7, 11) is -3.76. The average Bonchev–Trinajstić information content (AvgIpc) is 2.68. The number of nitrogens with zero attached hydrogens (tertiary/aromatic N) is 1. The van der Waals surface area contributed by atoms with Crippen molar-refractivity contribution in [1.29, 1.82) is 0 Å². The van der Waals surface area contributed by atoms with Gasteiger partial charge in [-0.3, -0.25) is 9.78 Å². The molecule has 0 aliphatic rings. The molecule has 0 unspecified atom stereocenters. The number of amides is 1. The molecule has 3 aromatic rings. The van der Waals surface area contributed by atoms with E-state index in [2.05, 4.69) is 32.9 Å². The number of carbonyl (C=O) groups is 1. The lowest BCUT2D eigenvalue weighted by Crippen LogP contribution is -2.30. The second kappa shape index (κ2) is 9.23. The van der Waals surface area contributed by atoms with Crippen LogP contribution in [0.25, 0.3) is 11.3 Å². The quantitative estimate of drug-likeness (QED) is 0.415. The van der Waals surface area contributed by atoms with Crippen LogP contribution in [0, 0.1) is 3.57 Å². The van der Waals surface area contributed by atoms with Crippen LogP contribution >= 0.6 is 34.2 Å². The highest BCUT2D eigenvalue weighted by molar-refractivity contribution is 14.1. The van der Waals surface area contributed by atoms with Gasteiger partial charge in [-0.05, 0) is 85.0 Å². The highest BCUT2D eigenvalue weighted by Crippen LogP contribution is 2.28. The van der Waals surface area contributed by atoms with Gasteiger partial charge in [-0.15, -0.1) is 0 Å². The van der Waals surface area contributed by atoms with Gasteiger partial charge in [-0.2, -0.15) is 0 Å². The van der Waals surface area contributed by atoms with Gasteiger partial charge in [0.25, 0.3) is 5.91 Å². The van der Waals surface area contributed by atoms with E-state index >= 15 is 0 Å². The molecule has 2 N–H and O–H groups in total. The van der Waals surface area contributed by atoms with Crippen molar-refractivity contribution in [3.8, 4) is 11.3 Å². The molecule has 162 valence electrons. The van der Waals surface area contributed by atoms with E-state index in [1.54, 1.807) is 12.3 Å². The number of anilines is 1. The third kappa shape index (κ3) is 6.03. The van der Waals surface area contributed by atoms with Crippen LogP contribution in [0.3, 0.4) is 0 Å². The van der Waals surface area contributed by atoms with E-state index in [9.17, 15) is 18.3 Å². The van der Waals surface area contributed by atoms with Gasteiger partial charge in [0.1, 0.15) is 0 Å². The number of hydrogen-bond acceptors (Lipinski definition) is 5. The van der Waals surface area contributed by atoms with Crippen LogP contribution in [0.4, 0.5) is 5.69 Å². The first kappa shape index (κ1) is 23.6. The Morgan fingerprint density at radius 2 is 1.90 bits per heavy atom. The lowest BCUT2D eigenvalue weighted by molar-refractivity contribution is 0.102. The van der Waals surface area contributed by atoms with E-state index < -0.39 is 27.1 Å². The van der Waals surface area contributed by atoms with Crippen LogP contribution in [0.15, 0.2) is 65.7 Å². The van der Waals surface area contributed by atoms with E-state index in [-0.39, 0.29) is 15.5 Å². The molecular formula is C22H20ClIN2O4S. The molecule has 0 spiro atoms. The summed E-state index contributed by atoms with van der Waals surface area (Å²) in [5.74, 6) is -0.925. The first-order valence-electron chi connectivity index (χ1n) is 9.23. The van der Waals surface area contributed by atoms with Crippen LogP contribution in [-0.4, -0.2) is 35.8 Å². The maximum Gasteiger partial charge on any atom is 0.257 e. The van der Waals surface area contributed by atoms with Gasteiger partial charge in [0.2, 0.25) is 0 Å². The Labute approximate surface area is 199 Å². The molecule has 1 heterocycles. The average molecular weight is 571 g/mol.